The fraction of sp³-hybridized carbons (Fsp3) is 0.150. The number of sulfonamides is 1. The van der Waals surface area contributed by atoms with E-state index in [1.54, 1.807) is 23.5 Å². The Labute approximate surface area is 162 Å². The van der Waals surface area contributed by atoms with Crippen LogP contribution in [-0.2, 0) is 10.0 Å². The number of rotatable bonds is 6. The number of hydrogen-bond donors (Lipinski definition) is 2. The topological polar surface area (TPSA) is 75.3 Å². The van der Waals surface area contributed by atoms with Crippen LogP contribution < -0.4 is 10.0 Å². The first-order valence-corrected chi connectivity index (χ1v) is 11.0. The Kier molecular flexibility index (Phi) is 4.82. The van der Waals surface area contributed by atoms with Gasteiger partial charge in [-0.3, -0.25) is 4.79 Å². The zero-order valence-corrected chi connectivity index (χ0v) is 16.0. The van der Waals surface area contributed by atoms with Gasteiger partial charge in [-0.1, -0.05) is 30.3 Å². The van der Waals surface area contributed by atoms with Crippen molar-refractivity contribution >= 4 is 33.0 Å². The van der Waals surface area contributed by atoms with E-state index in [1.165, 1.54) is 12.1 Å². The molecule has 1 aliphatic carbocycles. The molecular formula is C20H18N2O3S2. The molecule has 2 aromatic carbocycles. The predicted octanol–water partition coefficient (Wildman–Crippen LogP) is 4.11. The highest BCUT2D eigenvalue weighted by atomic mass is 32.2. The Morgan fingerprint density at radius 2 is 1.81 bits per heavy atom. The summed E-state index contributed by atoms with van der Waals surface area (Å²) < 4.78 is 27.4. The lowest BCUT2D eigenvalue weighted by Crippen LogP contribution is -2.26. The maximum Gasteiger partial charge on any atom is 0.255 e. The second-order valence-electron chi connectivity index (χ2n) is 6.40. The lowest BCUT2D eigenvalue weighted by molar-refractivity contribution is 0.102. The zero-order valence-electron chi connectivity index (χ0n) is 14.4. The fourth-order valence-corrected chi connectivity index (χ4v) is 4.84. The van der Waals surface area contributed by atoms with Crippen LogP contribution in [-0.4, -0.2) is 20.4 Å². The average Bonchev–Trinajstić information content (AvgIpc) is 3.30. The first kappa shape index (κ1) is 17.9. The number of nitrogens with one attached hydrogen (secondary N) is 2. The highest BCUT2D eigenvalue weighted by Gasteiger charge is 2.28. The van der Waals surface area contributed by atoms with E-state index in [-0.39, 0.29) is 16.8 Å². The third-order valence-corrected chi connectivity index (χ3v) is 6.69. The minimum absolute atomic E-state index is 0.0187. The summed E-state index contributed by atoms with van der Waals surface area (Å²) >= 11 is 1.59. The predicted molar refractivity (Wildman–Crippen MR) is 107 cm³/mol. The van der Waals surface area contributed by atoms with Crippen molar-refractivity contribution in [1.82, 2.24) is 4.72 Å². The molecule has 1 amide bonds. The second kappa shape index (κ2) is 7.26. The van der Waals surface area contributed by atoms with Gasteiger partial charge >= 0.3 is 0 Å². The molecule has 7 heteroatoms. The van der Waals surface area contributed by atoms with Crippen molar-refractivity contribution in [3.05, 3.63) is 71.6 Å². The molecule has 0 spiro atoms. The molecule has 27 heavy (non-hydrogen) atoms. The first-order chi connectivity index (χ1) is 13.0. The highest BCUT2D eigenvalue weighted by Crippen LogP contribution is 2.31. The smallest absolute Gasteiger partial charge is 0.255 e. The molecule has 0 unspecified atom stereocenters. The minimum atomic E-state index is -3.60. The van der Waals surface area contributed by atoms with Crippen LogP contribution in [0.1, 0.15) is 23.2 Å². The van der Waals surface area contributed by atoms with Gasteiger partial charge < -0.3 is 5.32 Å². The largest absolute Gasteiger partial charge is 0.321 e. The molecule has 1 heterocycles. The van der Waals surface area contributed by atoms with Crippen LogP contribution in [0.4, 0.5) is 5.69 Å². The van der Waals surface area contributed by atoms with Gasteiger partial charge in [0.05, 0.1) is 4.90 Å². The van der Waals surface area contributed by atoms with Crippen LogP contribution in [0.3, 0.4) is 0 Å². The molecule has 0 atom stereocenters. The zero-order chi connectivity index (χ0) is 18.9. The maximum atomic E-state index is 12.7. The van der Waals surface area contributed by atoms with Gasteiger partial charge in [-0.2, -0.15) is 0 Å². The van der Waals surface area contributed by atoms with Crippen LogP contribution >= 0.6 is 11.3 Å². The SMILES string of the molecule is O=C(Nc1ccccc1-c1cccs1)c1cccc(S(=O)(=O)NC2CC2)c1. The van der Waals surface area contributed by atoms with E-state index in [2.05, 4.69) is 10.0 Å². The van der Waals surface area contributed by atoms with Crippen molar-refractivity contribution in [2.24, 2.45) is 0 Å². The Morgan fingerprint density at radius 1 is 1.00 bits per heavy atom. The van der Waals surface area contributed by atoms with Crippen molar-refractivity contribution in [2.75, 3.05) is 5.32 Å². The van der Waals surface area contributed by atoms with E-state index in [1.807, 2.05) is 41.8 Å². The highest BCUT2D eigenvalue weighted by molar-refractivity contribution is 7.89. The molecule has 1 fully saturated rings. The lowest BCUT2D eigenvalue weighted by Gasteiger charge is -2.11. The number of benzene rings is 2. The molecule has 4 rings (SSSR count). The number of amides is 1. The van der Waals surface area contributed by atoms with Crippen LogP contribution in [0.5, 0.6) is 0 Å². The minimum Gasteiger partial charge on any atom is -0.321 e. The molecule has 0 bridgehead atoms. The Balaban J connectivity index is 1.59. The van der Waals surface area contributed by atoms with E-state index in [0.29, 0.717) is 11.3 Å². The van der Waals surface area contributed by atoms with Gasteiger partial charge in [0.15, 0.2) is 0 Å². The normalized spacial score (nSPS) is 14.1. The van der Waals surface area contributed by atoms with Crippen LogP contribution in [0.15, 0.2) is 70.9 Å². The summed E-state index contributed by atoms with van der Waals surface area (Å²) in [5.74, 6) is -0.345. The molecule has 138 valence electrons. The molecule has 5 nitrogen and oxygen atoms in total. The van der Waals surface area contributed by atoms with Gasteiger partial charge in [0.2, 0.25) is 10.0 Å². The van der Waals surface area contributed by atoms with Crippen molar-refractivity contribution in [2.45, 2.75) is 23.8 Å². The molecule has 0 saturated heterocycles. The lowest BCUT2D eigenvalue weighted by atomic mass is 10.1. The summed E-state index contributed by atoms with van der Waals surface area (Å²) in [5.41, 5.74) is 1.92. The van der Waals surface area contributed by atoms with E-state index >= 15 is 0 Å². The molecule has 1 saturated carbocycles. The number of para-hydroxylation sites is 1. The maximum absolute atomic E-state index is 12.7. The number of carbonyl (C=O) groups excluding carboxylic acids is 1. The van der Waals surface area contributed by atoms with E-state index in [4.69, 9.17) is 0 Å². The van der Waals surface area contributed by atoms with Gasteiger partial charge in [0.25, 0.3) is 5.91 Å². The summed E-state index contributed by atoms with van der Waals surface area (Å²) in [6.07, 6.45) is 1.72. The number of hydrogen-bond acceptors (Lipinski definition) is 4. The summed E-state index contributed by atoms with van der Waals surface area (Å²) in [5, 5.41) is 4.88. The summed E-state index contributed by atoms with van der Waals surface area (Å²) in [6, 6.07) is 17.6. The van der Waals surface area contributed by atoms with Gasteiger partial charge in [0, 0.05) is 27.7 Å². The van der Waals surface area contributed by atoms with Gasteiger partial charge in [-0.05, 0) is 48.6 Å². The third kappa shape index (κ3) is 4.10. The van der Waals surface area contributed by atoms with Crippen molar-refractivity contribution in [3.8, 4) is 10.4 Å². The monoisotopic (exact) mass is 398 g/mol. The Morgan fingerprint density at radius 3 is 2.56 bits per heavy atom. The molecule has 0 radical (unpaired) electrons. The molecule has 3 aromatic rings. The van der Waals surface area contributed by atoms with Crippen molar-refractivity contribution in [3.63, 3.8) is 0 Å². The van der Waals surface area contributed by atoms with Crippen molar-refractivity contribution in [1.29, 1.82) is 0 Å². The number of anilines is 1. The Bertz CT molecular complexity index is 1070. The summed E-state index contributed by atoms with van der Waals surface area (Å²) in [7, 11) is -3.60. The van der Waals surface area contributed by atoms with Gasteiger partial charge in [-0.15, -0.1) is 11.3 Å². The second-order valence-corrected chi connectivity index (χ2v) is 9.06. The molecule has 2 N–H and O–H groups in total. The van der Waals surface area contributed by atoms with Gasteiger partial charge in [-0.25, -0.2) is 13.1 Å². The molecule has 1 aromatic heterocycles. The first-order valence-electron chi connectivity index (χ1n) is 8.59. The van der Waals surface area contributed by atoms with Crippen LogP contribution in [0.25, 0.3) is 10.4 Å². The van der Waals surface area contributed by atoms with E-state index < -0.39 is 10.0 Å². The van der Waals surface area contributed by atoms with Crippen molar-refractivity contribution < 1.29 is 13.2 Å². The molecular weight excluding hydrogens is 380 g/mol. The fourth-order valence-electron chi connectivity index (χ4n) is 2.73. The standard InChI is InChI=1S/C20H18N2O3S2/c23-20(21-18-8-2-1-7-17(18)19-9-4-12-26-19)14-5-3-6-16(13-14)27(24,25)22-15-10-11-15/h1-9,12-13,15,22H,10-11H2,(H,21,23). The Hall–Kier alpha value is -2.48. The quantitative estimate of drug-likeness (QED) is 0.656. The van der Waals surface area contributed by atoms with Gasteiger partial charge in [0.1, 0.15) is 0 Å². The number of thiophene rings is 1. The van der Waals surface area contributed by atoms with Crippen LogP contribution in [0.2, 0.25) is 0 Å². The van der Waals surface area contributed by atoms with E-state index in [0.717, 1.165) is 23.3 Å². The van der Waals surface area contributed by atoms with Crippen LogP contribution in [0, 0.1) is 0 Å². The molecule has 1 aliphatic rings. The third-order valence-electron chi connectivity index (χ3n) is 4.27. The summed E-state index contributed by atoms with van der Waals surface area (Å²) in [6.45, 7) is 0. The summed E-state index contributed by atoms with van der Waals surface area (Å²) in [4.78, 5) is 13.9. The molecule has 0 aliphatic heterocycles. The van der Waals surface area contributed by atoms with E-state index in [9.17, 15) is 13.2 Å². The number of carbonyl (C=O) groups is 1. The average molecular weight is 399 g/mol.